The number of rotatable bonds is 1. The predicted molar refractivity (Wildman–Crippen MR) is 76.6 cm³/mol. The Morgan fingerprint density at radius 2 is 1.70 bits per heavy atom. The molecule has 1 fully saturated rings. The van der Waals surface area contributed by atoms with Gasteiger partial charge in [-0.1, -0.05) is 23.2 Å². The van der Waals surface area contributed by atoms with Gasteiger partial charge >= 0.3 is 6.09 Å². The van der Waals surface area contributed by atoms with Crippen molar-refractivity contribution < 1.29 is 14.7 Å². The summed E-state index contributed by atoms with van der Waals surface area (Å²) >= 11 is 11.9. The first-order chi connectivity index (χ1) is 9.49. The lowest BCUT2D eigenvalue weighted by Crippen LogP contribution is -2.36. The number of hydrogen-bond acceptors (Lipinski definition) is 2. The summed E-state index contributed by atoms with van der Waals surface area (Å²) in [5.41, 5.74) is 0.350. The van der Waals surface area contributed by atoms with Gasteiger partial charge in [-0.05, 0) is 24.6 Å². The zero-order chi connectivity index (χ0) is 14.7. The number of carboxylic acid groups (broad SMARTS) is 1. The Hall–Kier alpha value is -1.46. The molecule has 2 rings (SSSR count). The molecule has 108 valence electrons. The van der Waals surface area contributed by atoms with Gasteiger partial charge in [-0.25, -0.2) is 4.79 Å². The Morgan fingerprint density at radius 1 is 1.05 bits per heavy atom. The Balaban J connectivity index is 2.13. The molecule has 0 unspecified atom stereocenters. The fourth-order valence-corrected chi connectivity index (χ4v) is 2.51. The lowest BCUT2D eigenvalue weighted by Gasteiger charge is -2.21. The van der Waals surface area contributed by atoms with Crippen molar-refractivity contribution in [1.82, 2.24) is 9.80 Å². The van der Waals surface area contributed by atoms with Gasteiger partial charge in [0.2, 0.25) is 0 Å². The summed E-state index contributed by atoms with van der Waals surface area (Å²) in [7, 11) is 0. The lowest BCUT2D eigenvalue weighted by molar-refractivity contribution is 0.0759. The summed E-state index contributed by atoms with van der Waals surface area (Å²) in [4.78, 5) is 26.3. The molecule has 7 heteroatoms. The van der Waals surface area contributed by atoms with Crippen molar-refractivity contribution in [2.45, 2.75) is 6.42 Å². The van der Waals surface area contributed by atoms with Crippen molar-refractivity contribution in [3.63, 3.8) is 0 Å². The molecular weight excluding hydrogens is 303 g/mol. The first kappa shape index (κ1) is 14.9. The molecule has 0 atom stereocenters. The van der Waals surface area contributed by atoms with Crippen LogP contribution < -0.4 is 0 Å². The number of benzene rings is 1. The molecule has 1 aliphatic heterocycles. The van der Waals surface area contributed by atoms with E-state index in [1.54, 1.807) is 17.0 Å². The van der Waals surface area contributed by atoms with Gasteiger partial charge in [0, 0.05) is 31.2 Å². The minimum atomic E-state index is -0.958. The summed E-state index contributed by atoms with van der Waals surface area (Å²) in [5.74, 6) is -0.218. The third-order valence-electron chi connectivity index (χ3n) is 3.21. The SMILES string of the molecule is O=C(O)N1CCCN(C(=O)c2cc(Cl)ccc2Cl)CC1. The largest absolute Gasteiger partial charge is 0.465 e. The standard InChI is InChI=1S/C13H14Cl2N2O3/c14-9-2-3-11(15)10(8-9)12(18)16-4-1-5-17(7-6-16)13(19)20/h2-3,8H,1,4-7H2,(H,19,20). The summed E-state index contributed by atoms with van der Waals surface area (Å²) < 4.78 is 0. The molecule has 1 aliphatic rings. The summed E-state index contributed by atoms with van der Waals surface area (Å²) in [5, 5.41) is 9.76. The molecule has 1 saturated heterocycles. The van der Waals surface area contributed by atoms with E-state index in [-0.39, 0.29) is 5.91 Å². The van der Waals surface area contributed by atoms with Crippen LogP contribution in [-0.2, 0) is 0 Å². The van der Waals surface area contributed by atoms with Crippen molar-refractivity contribution in [3.8, 4) is 0 Å². The fraction of sp³-hybridized carbons (Fsp3) is 0.385. The second-order valence-corrected chi connectivity index (χ2v) is 5.38. The fourth-order valence-electron chi connectivity index (χ4n) is 2.14. The van der Waals surface area contributed by atoms with Crippen molar-refractivity contribution in [3.05, 3.63) is 33.8 Å². The van der Waals surface area contributed by atoms with Gasteiger partial charge in [0.25, 0.3) is 5.91 Å². The smallest absolute Gasteiger partial charge is 0.407 e. The van der Waals surface area contributed by atoms with Crippen LogP contribution in [0.5, 0.6) is 0 Å². The van der Waals surface area contributed by atoms with Gasteiger partial charge in [0.1, 0.15) is 0 Å². The van der Waals surface area contributed by atoms with Crippen LogP contribution in [0.25, 0.3) is 0 Å². The normalized spacial score (nSPS) is 15.9. The molecular formula is C13H14Cl2N2O3. The first-order valence-corrected chi connectivity index (χ1v) is 6.97. The molecule has 0 aliphatic carbocycles. The second-order valence-electron chi connectivity index (χ2n) is 4.54. The average molecular weight is 317 g/mol. The van der Waals surface area contributed by atoms with E-state index in [9.17, 15) is 9.59 Å². The van der Waals surface area contributed by atoms with Crippen LogP contribution >= 0.6 is 23.2 Å². The van der Waals surface area contributed by atoms with Crippen molar-refractivity contribution in [2.24, 2.45) is 0 Å². The molecule has 0 radical (unpaired) electrons. The number of hydrogen-bond donors (Lipinski definition) is 1. The van der Waals surface area contributed by atoms with Gasteiger partial charge < -0.3 is 14.9 Å². The Labute approximate surface area is 126 Å². The monoisotopic (exact) mass is 316 g/mol. The predicted octanol–water partition coefficient (Wildman–Crippen LogP) is 2.82. The minimum absolute atomic E-state index is 0.218. The van der Waals surface area contributed by atoms with Gasteiger partial charge in [-0.15, -0.1) is 0 Å². The van der Waals surface area contributed by atoms with E-state index in [0.29, 0.717) is 48.2 Å². The molecule has 1 N–H and O–H groups in total. The van der Waals surface area contributed by atoms with E-state index in [4.69, 9.17) is 28.3 Å². The number of carbonyl (C=O) groups is 2. The van der Waals surface area contributed by atoms with Crippen LogP contribution in [0.1, 0.15) is 16.8 Å². The van der Waals surface area contributed by atoms with Crippen LogP contribution in [0, 0.1) is 0 Å². The number of nitrogens with zero attached hydrogens (tertiary/aromatic N) is 2. The number of amides is 2. The highest BCUT2D eigenvalue weighted by Gasteiger charge is 2.23. The zero-order valence-corrected chi connectivity index (χ0v) is 12.2. The molecule has 0 aromatic heterocycles. The van der Waals surface area contributed by atoms with E-state index in [0.717, 1.165) is 0 Å². The number of halogens is 2. The van der Waals surface area contributed by atoms with E-state index < -0.39 is 6.09 Å². The van der Waals surface area contributed by atoms with Crippen LogP contribution in [-0.4, -0.2) is 53.1 Å². The van der Waals surface area contributed by atoms with Crippen LogP contribution in [0.3, 0.4) is 0 Å². The van der Waals surface area contributed by atoms with Crippen molar-refractivity contribution in [2.75, 3.05) is 26.2 Å². The average Bonchev–Trinajstić information content (AvgIpc) is 2.66. The molecule has 0 spiro atoms. The first-order valence-electron chi connectivity index (χ1n) is 6.21. The molecule has 1 aromatic rings. The van der Waals surface area contributed by atoms with Crippen LogP contribution in [0.4, 0.5) is 4.79 Å². The highest BCUT2D eigenvalue weighted by Crippen LogP contribution is 2.22. The highest BCUT2D eigenvalue weighted by molar-refractivity contribution is 6.35. The molecule has 5 nitrogen and oxygen atoms in total. The Morgan fingerprint density at radius 3 is 2.40 bits per heavy atom. The van der Waals surface area contributed by atoms with E-state index in [2.05, 4.69) is 0 Å². The lowest BCUT2D eigenvalue weighted by atomic mass is 10.2. The van der Waals surface area contributed by atoms with Crippen molar-refractivity contribution >= 4 is 35.2 Å². The molecule has 2 amide bonds. The van der Waals surface area contributed by atoms with Crippen LogP contribution in [0.2, 0.25) is 10.0 Å². The third-order valence-corrected chi connectivity index (χ3v) is 3.78. The van der Waals surface area contributed by atoms with E-state index in [1.807, 2.05) is 0 Å². The number of carbonyl (C=O) groups excluding carboxylic acids is 1. The van der Waals surface area contributed by atoms with Gasteiger partial charge in [0.15, 0.2) is 0 Å². The quantitative estimate of drug-likeness (QED) is 0.866. The van der Waals surface area contributed by atoms with Crippen molar-refractivity contribution in [1.29, 1.82) is 0 Å². The molecule has 1 heterocycles. The summed E-state index contributed by atoms with van der Waals surface area (Å²) in [6.07, 6.45) is -0.351. The van der Waals surface area contributed by atoms with E-state index >= 15 is 0 Å². The van der Waals surface area contributed by atoms with Gasteiger partial charge in [0.05, 0.1) is 10.6 Å². The summed E-state index contributed by atoms with van der Waals surface area (Å²) in [6, 6.07) is 4.74. The van der Waals surface area contributed by atoms with Gasteiger partial charge in [-0.3, -0.25) is 4.79 Å². The third kappa shape index (κ3) is 3.35. The topological polar surface area (TPSA) is 60.9 Å². The zero-order valence-electron chi connectivity index (χ0n) is 10.7. The van der Waals surface area contributed by atoms with Gasteiger partial charge in [-0.2, -0.15) is 0 Å². The van der Waals surface area contributed by atoms with Crippen LogP contribution in [0.15, 0.2) is 18.2 Å². The molecule has 20 heavy (non-hydrogen) atoms. The Bertz CT molecular complexity index is 536. The maximum Gasteiger partial charge on any atom is 0.407 e. The Kier molecular flexibility index (Phi) is 4.73. The molecule has 0 bridgehead atoms. The minimum Gasteiger partial charge on any atom is -0.465 e. The highest BCUT2D eigenvalue weighted by atomic mass is 35.5. The molecule has 1 aromatic carbocycles. The maximum atomic E-state index is 12.4. The second kappa shape index (κ2) is 6.33. The maximum absolute atomic E-state index is 12.4. The summed E-state index contributed by atoms with van der Waals surface area (Å²) in [6.45, 7) is 1.60. The molecule has 0 saturated carbocycles. The van der Waals surface area contributed by atoms with E-state index in [1.165, 1.54) is 11.0 Å².